The van der Waals surface area contributed by atoms with Crippen molar-refractivity contribution in [2.75, 3.05) is 20.2 Å². The van der Waals surface area contributed by atoms with E-state index >= 15 is 0 Å². The molecule has 2 heterocycles. The predicted molar refractivity (Wildman–Crippen MR) is 130 cm³/mol. The van der Waals surface area contributed by atoms with E-state index in [9.17, 15) is 14.7 Å². The van der Waals surface area contributed by atoms with Crippen LogP contribution < -0.4 is 4.74 Å². The Labute approximate surface area is 208 Å². The molecule has 1 saturated heterocycles. The first-order chi connectivity index (χ1) is 16.5. The van der Waals surface area contributed by atoms with E-state index in [1.165, 1.54) is 7.11 Å². The number of hydrogen-bond donors (Lipinski definition) is 1. The van der Waals surface area contributed by atoms with Gasteiger partial charge in [-0.1, -0.05) is 19.1 Å². The quantitative estimate of drug-likeness (QED) is 0.616. The second-order valence-corrected chi connectivity index (χ2v) is 12.1. The summed E-state index contributed by atoms with van der Waals surface area (Å²) in [7, 11) is 1.44. The van der Waals surface area contributed by atoms with Gasteiger partial charge in [-0.05, 0) is 69.9 Å². The van der Waals surface area contributed by atoms with Gasteiger partial charge < -0.3 is 24.2 Å². The monoisotopic (exact) mass is 485 g/mol. The maximum Gasteiger partial charge on any atom is 0.410 e. The SMILES string of the molecule is COC(=O)[C@@H](C)[C@H](c1ccc2c(c1)OC1(CC2O)C2CCC1CN(C(=O)OC(C)(C)C)C2)C1CC1. The summed E-state index contributed by atoms with van der Waals surface area (Å²) in [4.78, 5) is 27.0. The largest absolute Gasteiger partial charge is 0.486 e. The van der Waals surface area contributed by atoms with Crippen molar-refractivity contribution in [1.82, 2.24) is 4.90 Å². The normalized spacial score (nSPS) is 31.4. The van der Waals surface area contributed by atoms with E-state index in [0.717, 1.165) is 42.6 Å². The van der Waals surface area contributed by atoms with Crippen LogP contribution in [0.25, 0.3) is 0 Å². The molecule has 3 unspecified atom stereocenters. The Hall–Kier alpha value is -2.28. The van der Waals surface area contributed by atoms with E-state index < -0.39 is 17.3 Å². The third-order valence-electron chi connectivity index (χ3n) is 8.61. The molecule has 2 aliphatic heterocycles. The summed E-state index contributed by atoms with van der Waals surface area (Å²) in [6.07, 6.45) is 3.82. The fourth-order valence-electron chi connectivity index (χ4n) is 6.84. The fourth-order valence-corrected chi connectivity index (χ4v) is 6.84. The molecule has 3 fully saturated rings. The first-order valence-electron chi connectivity index (χ1n) is 13.1. The third kappa shape index (κ3) is 4.41. The third-order valence-corrected chi connectivity index (χ3v) is 8.61. The summed E-state index contributed by atoms with van der Waals surface area (Å²) in [5, 5.41) is 11.2. The predicted octanol–water partition coefficient (Wildman–Crippen LogP) is 4.82. The summed E-state index contributed by atoms with van der Waals surface area (Å²) in [6.45, 7) is 8.76. The Bertz CT molecular complexity index is 982. The van der Waals surface area contributed by atoms with Crippen molar-refractivity contribution in [3.8, 4) is 5.75 Å². The molecule has 1 spiro atoms. The minimum atomic E-state index is -0.610. The number of carbonyl (C=O) groups excluding carboxylic acids is 2. The molecule has 192 valence electrons. The second kappa shape index (κ2) is 8.68. The molecule has 1 aromatic rings. The summed E-state index contributed by atoms with van der Waals surface area (Å²) in [6, 6.07) is 6.08. The molecule has 7 nitrogen and oxygen atoms in total. The average Bonchev–Trinajstić information content (AvgIpc) is 3.60. The summed E-state index contributed by atoms with van der Waals surface area (Å²) in [5.74, 6) is 1.15. The Morgan fingerprint density at radius 1 is 1.14 bits per heavy atom. The van der Waals surface area contributed by atoms with Crippen LogP contribution in [0.4, 0.5) is 4.79 Å². The molecule has 1 aromatic carbocycles. The number of ether oxygens (including phenoxy) is 3. The van der Waals surface area contributed by atoms with Crippen molar-refractivity contribution in [2.24, 2.45) is 23.7 Å². The van der Waals surface area contributed by atoms with Crippen LogP contribution in [-0.4, -0.2) is 53.5 Å². The summed E-state index contributed by atoms with van der Waals surface area (Å²) in [5.41, 5.74) is 0.880. The van der Waals surface area contributed by atoms with Gasteiger partial charge in [0.05, 0.1) is 19.1 Å². The van der Waals surface area contributed by atoms with E-state index in [-0.39, 0.29) is 35.7 Å². The molecule has 0 radical (unpaired) electrons. The number of nitrogens with zero attached hydrogens (tertiary/aromatic N) is 1. The van der Waals surface area contributed by atoms with Crippen molar-refractivity contribution in [3.05, 3.63) is 29.3 Å². The number of esters is 1. The second-order valence-electron chi connectivity index (χ2n) is 12.1. The van der Waals surface area contributed by atoms with Gasteiger partial charge in [0.15, 0.2) is 0 Å². The number of methoxy groups -OCH3 is 1. The van der Waals surface area contributed by atoms with Gasteiger partial charge in [-0.3, -0.25) is 4.79 Å². The Morgan fingerprint density at radius 2 is 1.80 bits per heavy atom. The van der Waals surface area contributed by atoms with Gasteiger partial charge in [-0.2, -0.15) is 0 Å². The topological polar surface area (TPSA) is 85.3 Å². The number of aliphatic hydroxyl groups is 1. The van der Waals surface area contributed by atoms with Crippen molar-refractivity contribution >= 4 is 12.1 Å². The highest BCUT2D eigenvalue weighted by Gasteiger charge is 2.59. The average molecular weight is 486 g/mol. The first-order valence-corrected chi connectivity index (χ1v) is 13.1. The molecule has 2 saturated carbocycles. The molecule has 2 aliphatic carbocycles. The Morgan fingerprint density at radius 3 is 2.37 bits per heavy atom. The number of carbonyl (C=O) groups is 2. The zero-order valence-corrected chi connectivity index (χ0v) is 21.6. The zero-order chi connectivity index (χ0) is 25.1. The number of rotatable bonds is 4. The number of aliphatic hydroxyl groups excluding tert-OH is 1. The van der Waals surface area contributed by atoms with Crippen LogP contribution in [0.5, 0.6) is 5.75 Å². The van der Waals surface area contributed by atoms with Gasteiger partial charge in [0.25, 0.3) is 0 Å². The van der Waals surface area contributed by atoms with E-state index in [4.69, 9.17) is 14.2 Å². The molecule has 7 heteroatoms. The Kier molecular flexibility index (Phi) is 6.06. The molecule has 4 aliphatic rings. The molecule has 0 aromatic heterocycles. The number of amides is 1. The van der Waals surface area contributed by atoms with Crippen LogP contribution in [0.3, 0.4) is 0 Å². The van der Waals surface area contributed by atoms with Gasteiger partial charge >= 0.3 is 12.1 Å². The van der Waals surface area contributed by atoms with E-state index in [1.807, 2.05) is 44.7 Å². The lowest BCUT2D eigenvalue weighted by molar-refractivity contribution is -0.145. The summed E-state index contributed by atoms with van der Waals surface area (Å²) < 4.78 is 17.5. The van der Waals surface area contributed by atoms with Gasteiger partial charge in [-0.15, -0.1) is 0 Å². The number of benzene rings is 1. The number of hydrogen-bond acceptors (Lipinski definition) is 6. The van der Waals surface area contributed by atoms with Crippen LogP contribution in [0.15, 0.2) is 18.2 Å². The standard InChI is InChI=1S/C28H39NO6/c1-16(25(31)33-5)24(17-6-7-17)18-8-11-21-22(30)13-28(34-23(21)12-18)19-9-10-20(28)15-29(14-19)26(32)35-27(2,3)4/h8,11-12,16-17,19-20,22,24,30H,6-7,9-10,13-15H2,1-5H3/t16-,19?,20?,22?,24-,28?/m0/s1. The number of fused-ring (bicyclic) bond motifs is 1. The molecular formula is C28H39NO6. The fraction of sp³-hybridized carbons (Fsp3) is 0.714. The molecule has 5 rings (SSSR count). The highest BCUT2D eigenvalue weighted by atomic mass is 16.6. The number of likely N-dealkylation sites (tertiary alicyclic amines) is 1. The summed E-state index contributed by atoms with van der Waals surface area (Å²) >= 11 is 0. The van der Waals surface area contributed by atoms with E-state index in [0.29, 0.717) is 25.4 Å². The molecular weight excluding hydrogens is 446 g/mol. The van der Waals surface area contributed by atoms with E-state index in [1.54, 1.807) is 0 Å². The number of piperidine rings is 1. The molecule has 5 atom stereocenters. The molecule has 2 bridgehead atoms. The molecule has 35 heavy (non-hydrogen) atoms. The lowest BCUT2D eigenvalue weighted by Gasteiger charge is -2.50. The lowest BCUT2D eigenvalue weighted by Crippen LogP contribution is -2.60. The lowest BCUT2D eigenvalue weighted by atomic mass is 9.73. The van der Waals surface area contributed by atoms with Crippen molar-refractivity contribution in [2.45, 2.75) is 83.0 Å². The van der Waals surface area contributed by atoms with Crippen LogP contribution in [0.2, 0.25) is 0 Å². The smallest absolute Gasteiger partial charge is 0.410 e. The van der Waals surface area contributed by atoms with Crippen LogP contribution in [0.1, 0.15) is 82.9 Å². The van der Waals surface area contributed by atoms with Crippen molar-refractivity contribution < 1.29 is 28.9 Å². The highest BCUT2D eigenvalue weighted by Crippen LogP contribution is 2.56. The highest BCUT2D eigenvalue weighted by molar-refractivity contribution is 5.73. The van der Waals surface area contributed by atoms with Gasteiger partial charge in [0.2, 0.25) is 0 Å². The van der Waals surface area contributed by atoms with Crippen LogP contribution >= 0.6 is 0 Å². The van der Waals surface area contributed by atoms with Crippen molar-refractivity contribution in [1.29, 1.82) is 0 Å². The maximum absolute atomic E-state index is 12.8. The van der Waals surface area contributed by atoms with Crippen molar-refractivity contribution in [3.63, 3.8) is 0 Å². The van der Waals surface area contributed by atoms with Crippen LogP contribution in [0, 0.1) is 23.7 Å². The first kappa shape index (κ1) is 24.4. The zero-order valence-electron chi connectivity index (χ0n) is 21.6. The van der Waals surface area contributed by atoms with E-state index in [2.05, 4.69) is 6.07 Å². The maximum atomic E-state index is 12.8. The van der Waals surface area contributed by atoms with Gasteiger partial charge in [0.1, 0.15) is 17.0 Å². The van der Waals surface area contributed by atoms with Gasteiger partial charge in [0, 0.05) is 36.9 Å². The minimum Gasteiger partial charge on any atom is -0.486 e. The molecule has 1 amide bonds. The minimum absolute atomic E-state index is 0.0807. The Balaban J connectivity index is 1.41. The van der Waals surface area contributed by atoms with Gasteiger partial charge in [-0.25, -0.2) is 4.79 Å². The molecule has 1 N–H and O–H groups in total. The van der Waals surface area contributed by atoms with Crippen LogP contribution in [-0.2, 0) is 14.3 Å².